The second kappa shape index (κ2) is 8.57. The van der Waals surface area contributed by atoms with Crippen molar-refractivity contribution in [2.75, 3.05) is 0 Å². The van der Waals surface area contributed by atoms with Crippen molar-refractivity contribution in [1.82, 2.24) is 19.7 Å². The SMILES string of the molecule is Fc1ccccc1-c1nnc(SCc2csc(COc3ccccc3)n2)n1C1CC1. The van der Waals surface area contributed by atoms with Gasteiger partial charge in [0, 0.05) is 17.2 Å². The first-order valence-corrected chi connectivity index (χ1v) is 11.6. The van der Waals surface area contributed by atoms with Gasteiger partial charge in [-0.2, -0.15) is 0 Å². The summed E-state index contributed by atoms with van der Waals surface area (Å²) < 4.78 is 22.1. The number of aromatic nitrogens is 4. The lowest BCUT2D eigenvalue weighted by Crippen LogP contribution is -2.01. The van der Waals surface area contributed by atoms with Crippen molar-refractivity contribution >= 4 is 23.1 Å². The number of thioether (sulfide) groups is 1. The van der Waals surface area contributed by atoms with E-state index in [9.17, 15) is 4.39 Å². The molecule has 5 nitrogen and oxygen atoms in total. The van der Waals surface area contributed by atoms with Crippen LogP contribution in [0.5, 0.6) is 5.75 Å². The molecular weight excluding hydrogens is 419 g/mol. The molecule has 5 rings (SSSR count). The first-order valence-electron chi connectivity index (χ1n) is 9.71. The van der Waals surface area contributed by atoms with E-state index in [1.165, 1.54) is 6.07 Å². The van der Waals surface area contributed by atoms with Crippen molar-refractivity contribution in [1.29, 1.82) is 0 Å². The van der Waals surface area contributed by atoms with Crippen LogP contribution >= 0.6 is 23.1 Å². The van der Waals surface area contributed by atoms with Gasteiger partial charge in [-0.3, -0.25) is 4.57 Å². The first kappa shape index (κ1) is 19.3. The number of nitrogens with zero attached hydrogens (tertiary/aromatic N) is 4. The minimum absolute atomic E-state index is 0.272. The molecule has 30 heavy (non-hydrogen) atoms. The zero-order valence-corrected chi connectivity index (χ0v) is 17.7. The number of hydrogen-bond donors (Lipinski definition) is 0. The Balaban J connectivity index is 1.27. The predicted molar refractivity (Wildman–Crippen MR) is 116 cm³/mol. The molecule has 0 amide bonds. The molecular formula is C22H19FN4OS2. The molecule has 1 fully saturated rings. The van der Waals surface area contributed by atoms with Gasteiger partial charge in [0.05, 0.1) is 11.3 Å². The van der Waals surface area contributed by atoms with Crippen LogP contribution in [0.15, 0.2) is 65.1 Å². The highest BCUT2D eigenvalue weighted by Gasteiger charge is 2.31. The Morgan fingerprint density at radius 1 is 1.07 bits per heavy atom. The van der Waals surface area contributed by atoms with Crippen LogP contribution in [0, 0.1) is 5.82 Å². The maximum atomic E-state index is 14.3. The summed E-state index contributed by atoms with van der Waals surface area (Å²) in [7, 11) is 0. The predicted octanol–water partition coefficient (Wildman–Crippen LogP) is 5.75. The molecule has 1 aliphatic rings. The topological polar surface area (TPSA) is 52.8 Å². The third kappa shape index (κ3) is 4.24. The minimum Gasteiger partial charge on any atom is -0.486 e. The average Bonchev–Trinajstić information content (AvgIpc) is 3.36. The summed E-state index contributed by atoms with van der Waals surface area (Å²) >= 11 is 3.18. The molecule has 0 bridgehead atoms. The third-order valence-electron chi connectivity index (χ3n) is 4.75. The molecule has 2 aromatic carbocycles. The summed E-state index contributed by atoms with van der Waals surface area (Å²) in [6.07, 6.45) is 2.15. The van der Waals surface area contributed by atoms with Gasteiger partial charge in [-0.1, -0.05) is 42.1 Å². The molecule has 0 radical (unpaired) electrons. The van der Waals surface area contributed by atoms with Crippen molar-refractivity contribution in [3.8, 4) is 17.1 Å². The van der Waals surface area contributed by atoms with Gasteiger partial charge in [-0.25, -0.2) is 9.37 Å². The quantitative estimate of drug-likeness (QED) is 0.328. The van der Waals surface area contributed by atoms with E-state index in [-0.39, 0.29) is 5.82 Å². The van der Waals surface area contributed by atoms with Gasteiger partial charge >= 0.3 is 0 Å². The highest BCUT2D eigenvalue weighted by atomic mass is 32.2. The lowest BCUT2D eigenvalue weighted by atomic mass is 10.2. The molecule has 1 aliphatic carbocycles. The molecule has 4 aromatic rings. The van der Waals surface area contributed by atoms with Gasteiger partial charge in [-0.15, -0.1) is 21.5 Å². The van der Waals surface area contributed by atoms with E-state index in [4.69, 9.17) is 4.74 Å². The van der Waals surface area contributed by atoms with Crippen LogP contribution in [0.2, 0.25) is 0 Å². The fourth-order valence-corrected chi connectivity index (χ4v) is 4.85. The van der Waals surface area contributed by atoms with E-state index in [0.717, 1.165) is 34.4 Å². The normalized spacial score (nSPS) is 13.5. The lowest BCUT2D eigenvalue weighted by molar-refractivity contribution is 0.305. The van der Waals surface area contributed by atoms with Gasteiger partial charge in [-0.05, 0) is 37.1 Å². The lowest BCUT2D eigenvalue weighted by Gasteiger charge is -2.09. The molecule has 0 aliphatic heterocycles. The second-order valence-corrected chi connectivity index (χ2v) is 8.90. The van der Waals surface area contributed by atoms with Gasteiger partial charge in [0.2, 0.25) is 0 Å². The number of thiazole rings is 1. The van der Waals surface area contributed by atoms with Crippen LogP contribution < -0.4 is 4.74 Å². The standard InChI is InChI=1S/C22H19FN4OS2/c23-19-9-5-4-8-18(19)21-25-26-22(27(21)16-10-11-16)30-14-15-13-29-20(24-15)12-28-17-6-2-1-3-7-17/h1-9,13,16H,10-12,14H2. The first-order chi connectivity index (χ1) is 14.8. The van der Waals surface area contributed by atoms with Crippen LogP contribution in [0.25, 0.3) is 11.4 Å². The molecule has 152 valence electrons. The largest absolute Gasteiger partial charge is 0.486 e. The molecule has 0 atom stereocenters. The Morgan fingerprint density at radius 2 is 1.87 bits per heavy atom. The number of para-hydroxylation sites is 1. The van der Waals surface area contributed by atoms with Crippen LogP contribution in [-0.4, -0.2) is 19.7 Å². The molecule has 0 unspecified atom stereocenters. The fourth-order valence-electron chi connectivity index (χ4n) is 3.15. The van der Waals surface area contributed by atoms with E-state index in [2.05, 4.69) is 19.7 Å². The third-order valence-corrected chi connectivity index (χ3v) is 6.59. The zero-order chi connectivity index (χ0) is 20.3. The number of hydrogen-bond acceptors (Lipinski definition) is 6. The molecule has 0 N–H and O–H groups in total. The molecule has 0 saturated heterocycles. The van der Waals surface area contributed by atoms with E-state index in [1.54, 1.807) is 35.2 Å². The average molecular weight is 439 g/mol. The monoisotopic (exact) mass is 438 g/mol. The molecule has 2 heterocycles. The molecule has 1 saturated carbocycles. The van der Waals surface area contributed by atoms with Gasteiger partial charge in [0.1, 0.15) is 23.2 Å². The van der Waals surface area contributed by atoms with Crippen LogP contribution in [-0.2, 0) is 12.4 Å². The summed E-state index contributed by atoms with van der Waals surface area (Å²) in [5.41, 5.74) is 1.48. The smallest absolute Gasteiger partial charge is 0.192 e. The van der Waals surface area contributed by atoms with E-state index in [0.29, 0.717) is 29.8 Å². The van der Waals surface area contributed by atoms with Crippen LogP contribution in [0.4, 0.5) is 4.39 Å². The summed E-state index contributed by atoms with van der Waals surface area (Å²) in [5, 5.41) is 12.5. The van der Waals surface area contributed by atoms with Crippen molar-refractivity contribution < 1.29 is 9.13 Å². The molecule has 2 aromatic heterocycles. The van der Waals surface area contributed by atoms with Crippen molar-refractivity contribution in [2.24, 2.45) is 0 Å². The fraction of sp³-hybridized carbons (Fsp3) is 0.227. The van der Waals surface area contributed by atoms with Gasteiger partial charge < -0.3 is 4.74 Å². The Labute approximate surface area is 182 Å². The molecule has 8 heteroatoms. The van der Waals surface area contributed by atoms with Gasteiger partial charge in [0.25, 0.3) is 0 Å². The van der Waals surface area contributed by atoms with Crippen molar-refractivity contribution in [2.45, 2.75) is 36.4 Å². The minimum atomic E-state index is -0.272. The van der Waals surface area contributed by atoms with Crippen molar-refractivity contribution in [3.05, 3.63) is 76.5 Å². The summed E-state index contributed by atoms with van der Waals surface area (Å²) in [6.45, 7) is 0.453. The van der Waals surface area contributed by atoms with E-state index in [1.807, 2.05) is 41.8 Å². The Bertz CT molecular complexity index is 1140. The van der Waals surface area contributed by atoms with E-state index >= 15 is 0 Å². The number of halogens is 1. The number of benzene rings is 2. The Hall–Kier alpha value is -2.71. The van der Waals surface area contributed by atoms with Gasteiger partial charge in [0.15, 0.2) is 11.0 Å². The Kier molecular flexibility index (Phi) is 5.50. The zero-order valence-electron chi connectivity index (χ0n) is 16.1. The van der Waals surface area contributed by atoms with E-state index < -0.39 is 0 Å². The summed E-state index contributed by atoms with van der Waals surface area (Å²) in [6, 6.07) is 16.8. The maximum Gasteiger partial charge on any atom is 0.192 e. The highest BCUT2D eigenvalue weighted by Crippen LogP contribution is 2.41. The molecule has 0 spiro atoms. The Morgan fingerprint density at radius 3 is 2.67 bits per heavy atom. The summed E-state index contributed by atoms with van der Waals surface area (Å²) in [4.78, 5) is 4.66. The number of ether oxygens (including phenoxy) is 1. The second-order valence-electron chi connectivity index (χ2n) is 7.01. The van der Waals surface area contributed by atoms with Crippen LogP contribution in [0.1, 0.15) is 29.6 Å². The maximum absolute atomic E-state index is 14.3. The van der Waals surface area contributed by atoms with Crippen molar-refractivity contribution in [3.63, 3.8) is 0 Å². The summed E-state index contributed by atoms with van der Waals surface area (Å²) in [5.74, 6) is 1.85. The highest BCUT2D eigenvalue weighted by molar-refractivity contribution is 7.98. The van der Waals surface area contributed by atoms with Crippen LogP contribution in [0.3, 0.4) is 0 Å². The number of rotatable bonds is 8.